The number of Topliss-reactive ketones (excluding diaryl/α,β-unsaturated/α-hetero) is 1. The molecule has 0 aliphatic rings. The molecule has 0 bridgehead atoms. The molecule has 1 aromatic heterocycles. The van der Waals surface area contributed by atoms with E-state index in [0.29, 0.717) is 25.3 Å². The molecule has 0 radical (unpaired) electrons. The number of halogens is 2. The Morgan fingerprint density at radius 3 is 2.52 bits per heavy atom. The van der Waals surface area contributed by atoms with Crippen LogP contribution in [0.5, 0.6) is 0 Å². The Kier molecular flexibility index (Phi) is 5.55. The molecule has 0 atom stereocenters. The number of nitrogens with one attached hydrogen (secondary N) is 1. The molecule has 9 heteroatoms. The third kappa shape index (κ3) is 4.51. The lowest BCUT2D eigenvalue weighted by Gasteiger charge is -1.96. The lowest BCUT2D eigenvalue weighted by atomic mass is 10.1. The van der Waals surface area contributed by atoms with Crippen LogP contribution in [0.2, 0.25) is 10.0 Å². The fourth-order valence-electron chi connectivity index (χ4n) is 2.25. The maximum atomic E-state index is 12.2. The van der Waals surface area contributed by atoms with Gasteiger partial charge in [-0.2, -0.15) is 0 Å². The summed E-state index contributed by atoms with van der Waals surface area (Å²) in [7, 11) is 0. The second kappa shape index (κ2) is 7.87. The average Bonchev–Trinajstić information content (AvgIpc) is 2.96. The number of carbonyl (C=O) groups excluding carboxylic acids is 1. The lowest BCUT2D eigenvalue weighted by molar-refractivity contribution is -0.384. The van der Waals surface area contributed by atoms with E-state index in [2.05, 4.69) is 4.98 Å². The molecule has 6 nitrogen and oxygen atoms in total. The summed E-state index contributed by atoms with van der Waals surface area (Å²) in [5.74, 6) is -0.280. The standard InChI is InChI=1S/C18H10Cl2N2O4S/c19-12-4-2-11(3-5-12)15(23)9-17-21-18(24)16(27-17)8-10-1-6-13(20)14(7-10)22(25)26/h1-9H,(H,21,24)/b16-8+,17-9-. The van der Waals surface area contributed by atoms with Crippen molar-refractivity contribution in [3.63, 3.8) is 0 Å². The molecule has 27 heavy (non-hydrogen) atoms. The molecule has 0 unspecified atom stereocenters. The Morgan fingerprint density at radius 1 is 1.15 bits per heavy atom. The van der Waals surface area contributed by atoms with Crippen LogP contribution in [0.1, 0.15) is 15.9 Å². The van der Waals surface area contributed by atoms with Gasteiger partial charge in [-0.15, -0.1) is 11.3 Å². The number of hydrogen-bond donors (Lipinski definition) is 1. The SMILES string of the molecule is O=C(/C=c1/[nH]c(=O)/c(=C\c2ccc(Cl)c([N+](=O)[O-])c2)s1)c1ccc(Cl)cc1. The summed E-state index contributed by atoms with van der Waals surface area (Å²) < 4.78 is 0.677. The fourth-order valence-corrected chi connectivity index (χ4v) is 3.45. The molecular formula is C18H10Cl2N2O4S. The number of nitro benzene ring substituents is 1. The minimum Gasteiger partial charge on any atom is -0.313 e. The van der Waals surface area contributed by atoms with E-state index in [1.807, 2.05) is 0 Å². The van der Waals surface area contributed by atoms with Gasteiger partial charge in [0.1, 0.15) is 5.02 Å². The number of nitro groups is 1. The van der Waals surface area contributed by atoms with Crippen LogP contribution in [0, 0.1) is 10.1 Å². The highest BCUT2D eigenvalue weighted by molar-refractivity contribution is 7.07. The summed E-state index contributed by atoms with van der Waals surface area (Å²) in [6.45, 7) is 0. The van der Waals surface area contributed by atoms with Crippen LogP contribution in [-0.2, 0) is 0 Å². The molecule has 3 aromatic rings. The molecule has 0 amide bonds. The number of thiazole rings is 1. The molecule has 1 N–H and O–H groups in total. The number of aromatic nitrogens is 1. The minimum atomic E-state index is -0.595. The van der Waals surface area contributed by atoms with Crippen LogP contribution in [-0.4, -0.2) is 15.7 Å². The number of nitrogens with zero attached hydrogens (tertiary/aromatic N) is 1. The number of aromatic amines is 1. The number of hydrogen-bond acceptors (Lipinski definition) is 5. The Morgan fingerprint density at radius 2 is 1.85 bits per heavy atom. The monoisotopic (exact) mass is 420 g/mol. The zero-order valence-electron chi connectivity index (χ0n) is 13.4. The van der Waals surface area contributed by atoms with Gasteiger partial charge in [-0.25, -0.2) is 0 Å². The van der Waals surface area contributed by atoms with Gasteiger partial charge in [0.05, 0.1) is 14.1 Å². The summed E-state index contributed by atoms with van der Waals surface area (Å²) in [6, 6.07) is 10.6. The van der Waals surface area contributed by atoms with Gasteiger partial charge in [-0.05, 0) is 42.0 Å². The van der Waals surface area contributed by atoms with Crippen LogP contribution < -0.4 is 14.8 Å². The second-order valence-electron chi connectivity index (χ2n) is 5.41. The minimum absolute atomic E-state index is 0.0137. The van der Waals surface area contributed by atoms with E-state index < -0.39 is 10.5 Å². The van der Waals surface area contributed by atoms with Crippen molar-refractivity contribution >= 4 is 58.2 Å². The van der Waals surface area contributed by atoms with Crippen molar-refractivity contribution < 1.29 is 9.72 Å². The van der Waals surface area contributed by atoms with Crippen molar-refractivity contribution in [2.45, 2.75) is 0 Å². The number of H-pyrrole nitrogens is 1. The maximum Gasteiger partial charge on any atom is 0.288 e. The predicted molar refractivity (Wildman–Crippen MR) is 106 cm³/mol. The number of ketones is 1. The Labute approximate surface area is 166 Å². The van der Waals surface area contributed by atoms with Gasteiger partial charge in [-0.1, -0.05) is 29.3 Å². The van der Waals surface area contributed by atoms with Crippen LogP contribution in [0.15, 0.2) is 47.3 Å². The first kappa shape index (κ1) is 19.0. The summed E-state index contributed by atoms with van der Waals surface area (Å²) in [6.07, 6.45) is 2.81. The molecule has 2 aromatic carbocycles. The second-order valence-corrected chi connectivity index (χ2v) is 7.34. The van der Waals surface area contributed by atoms with E-state index >= 15 is 0 Å². The van der Waals surface area contributed by atoms with Crippen LogP contribution in [0.3, 0.4) is 0 Å². The van der Waals surface area contributed by atoms with Gasteiger partial charge in [0.15, 0.2) is 5.78 Å². The lowest BCUT2D eigenvalue weighted by Crippen LogP contribution is -2.20. The smallest absolute Gasteiger partial charge is 0.288 e. The van der Waals surface area contributed by atoms with Gasteiger partial charge in [0.2, 0.25) is 0 Å². The zero-order valence-corrected chi connectivity index (χ0v) is 15.8. The molecule has 136 valence electrons. The number of benzene rings is 2. The van der Waals surface area contributed by atoms with Gasteiger partial charge < -0.3 is 4.98 Å². The largest absolute Gasteiger partial charge is 0.313 e. The normalized spacial score (nSPS) is 12.4. The molecule has 3 rings (SSSR count). The first-order valence-corrected chi connectivity index (χ1v) is 9.07. The number of carbonyl (C=O) groups is 1. The highest BCUT2D eigenvalue weighted by atomic mass is 35.5. The van der Waals surface area contributed by atoms with Crippen molar-refractivity contribution in [3.05, 3.63) is 93.3 Å². The molecule has 0 spiro atoms. The first-order chi connectivity index (χ1) is 12.8. The number of rotatable bonds is 4. The van der Waals surface area contributed by atoms with Gasteiger partial charge in [-0.3, -0.25) is 19.7 Å². The molecule has 0 saturated carbocycles. The average molecular weight is 421 g/mol. The zero-order chi connectivity index (χ0) is 19.6. The maximum absolute atomic E-state index is 12.2. The topological polar surface area (TPSA) is 93.1 Å². The van der Waals surface area contributed by atoms with E-state index in [0.717, 1.165) is 11.3 Å². The van der Waals surface area contributed by atoms with Gasteiger partial charge >= 0.3 is 0 Å². The summed E-state index contributed by atoms with van der Waals surface area (Å²) in [5.41, 5.74) is 0.248. The molecular weight excluding hydrogens is 411 g/mol. The first-order valence-electron chi connectivity index (χ1n) is 7.50. The van der Waals surface area contributed by atoms with Crippen molar-refractivity contribution in [2.75, 3.05) is 0 Å². The Hall–Kier alpha value is -2.74. The fraction of sp³-hybridized carbons (Fsp3) is 0. The van der Waals surface area contributed by atoms with Crippen molar-refractivity contribution in [1.82, 2.24) is 4.98 Å². The van der Waals surface area contributed by atoms with Gasteiger partial charge in [0.25, 0.3) is 11.2 Å². The third-order valence-corrected chi connectivity index (χ3v) is 5.07. The molecule has 0 fully saturated rings. The third-order valence-electron chi connectivity index (χ3n) is 3.54. The van der Waals surface area contributed by atoms with Crippen LogP contribution >= 0.6 is 34.5 Å². The van der Waals surface area contributed by atoms with E-state index in [1.54, 1.807) is 30.3 Å². The molecule has 0 aliphatic carbocycles. The van der Waals surface area contributed by atoms with Gasteiger partial charge in [0, 0.05) is 22.7 Å². The van der Waals surface area contributed by atoms with E-state index in [-0.39, 0.29) is 16.5 Å². The quantitative estimate of drug-likeness (QED) is 0.398. The highest BCUT2D eigenvalue weighted by Gasteiger charge is 2.12. The molecule has 1 heterocycles. The van der Waals surface area contributed by atoms with E-state index in [1.165, 1.54) is 24.3 Å². The summed E-state index contributed by atoms with van der Waals surface area (Å²) in [4.78, 5) is 37.3. The van der Waals surface area contributed by atoms with Crippen molar-refractivity contribution in [1.29, 1.82) is 0 Å². The Balaban J connectivity index is 1.99. The van der Waals surface area contributed by atoms with E-state index in [4.69, 9.17) is 23.2 Å². The van der Waals surface area contributed by atoms with Crippen LogP contribution in [0.25, 0.3) is 12.2 Å². The van der Waals surface area contributed by atoms with Crippen LogP contribution in [0.4, 0.5) is 5.69 Å². The highest BCUT2D eigenvalue weighted by Crippen LogP contribution is 2.25. The summed E-state index contributed by atoms with van der Waals surface area (Å²) >= 11 is 12.6. The Bertz CT molecular complexity index is 1210. The van der Waals surface area contributed by atoms with Crippen molar-refractivity contribution in [3.8, 4) is 0 Å². The van der Waals surface area contributed by atoms with E-state index in [9.17, 15) is 19.7 Å². The van der Waals surface area contributed by atoms with Crippen molar-refractivity contribution in [2.24, 2.45) is 0 Å². The summed E-state index contributed by atoms with van der Waals surface area (Å²) in [5, 5.41) is 11.5. The predicted octanol–water partition coefficient (Wildman–Crippen LogP) is 3.14. The molecule has 0 saturated heterocycles. The molecule has 0 aliphatic heterocycles.